The summed E-state index contributed by atoms with van der Waals surface area (Å²) in [6.07, 6.45) is 2.86. The monoisotopic (exact) mass is 461 g/mol. The maximum atomic E-state index is 13.3. The summed E-state index contributed by atoms with van der Waals surface area (Å²) in [5.74, 6) is -0.211. The standard InChI is InChI=1S/C21H17Cl2N3O3S/c1-2-12-26(19-9-4-3-8-18(19)23)30(28,29)17-7-5-6-15(13-17)21(27)25-20-11-10-16(22)14-24-20/h2-11,13-14H,1,12H2,(H,24,25,27). The fraction of sp³-hybridized carbons (Fsp3) is 0.0476. The molecule has 0 aliphatic carbocycles. The lowest BCUT2D eigenvalue weighted by Crippen LogP contribution is -2.31. The van der Waals surface area contributed by atoms with E-state index in [1.807, 2.05) is 0 Å². The summed E-state index contributed by atoms with van der Waals surface area (Å²) in [4.78, 5) is 16.5. The van der Waals surface area contributed by atoms with Crippen LogP contribution in [0.15, 0.2) is 84.4 Å². The van der Waals surface area contributed by atoms with Crippen molar-refractivity contribution in [3.63, 3.8) is 0 Å². The number of carbonyl (C=O) groups excluding carboxylic acids is 1. The summed E-state index contributed by atoms with van der Waals surface area (Å²) >= 11 is 12.0. The van der Waals surface area contributed by atoms with Gasteiger partial charge in [0.25, 0.3) is 15.9 Å². The molecular formula is C21H17Cl2N3O3S. The van der Waals surface area contributed by atoms with Crippen molar-refractivity contribution in [2.45, 2.75) is 4.90 Å². The number of nitrogens with zero attached hydrogens (tertiary/aromatic N) is 2. The highest BCUT2D eigenvalue weighted by molar-refractivity contribution is 7.92. The molecule has 0 unspecified atom stereocenters. The van der Waals surface area contributed by atoms with E-state index in [9.17, 15) is 13.2 Å². The number of rotatable bonds is 7. The van der Waals surface area contributed by atoms with Crippen molar-refractivity contribution in [2.75, 3.05) is 16.2 Å². The van der Waals surface area contributed by atoms with Crippen molar-refractivity contribution in [1.82, 2.24) is 4.98 Å². The molecule has 9 heteroatoms. The van der Waals surface area contributed by atoms with Crippen LogP contribution in [0, 0.1) is 0 Å². The molecule has 1 aromatic heterocycles. The lowest BCUT2D eigenvalue weighted by atomic mass is 10.2. The number of hydrogen-bond donors (Lipinski definition) is 1. The summed E-state index contributed by atoms with van der Waals surface area (Å²) in [6, 6.07) is 15.5. The minimum atomic E-state index is -4.01. The molecule has 6 nitrogen and oxygen atoms in total. The van der Waals surface area contributed by atoms with Crippen LogP contribution < -0.4 is 9.62 Å². The molecule has 0 fully saturated rings. The topological polar surface area (TPSA) is 79.4 Å². The number of benzene rings is 2. The van der Waals surface area contributed by atoms with E-state index < -0.39 is 15.9 Å². The van der Waals surface area contributed by atoms with Gasteiger partial charge < -0.3 is 5.32 Å². The highest BCUT2D eigenvalue weighted by atomic mass is 35.5. The van der Waals surface area contributed by atoms with Gasteiger partial charge in [-0.15, -0.1) is 6.58 Å². The van der Waals surface area contributed by atoms with Crippen LogP contribution in [-0.4, -0.2) is 25.9 Å². The van der Waals surface area contributed by atoms with Crippen LogP contribution in [0.4, 0.5) is 11.5 Å². The lowest BCUT2D eigenvalue weighted by Gasteiger charge is -2.24. The van der Waals surface area contributed by atoms with Gasteiger partial charge in [0.1, 0.15) is 5.82 Å². The average Bonchev–Trinajstić information content (AvgIpc) is 2.74. The Hall–Kier alpha value is -2.87. The van der Waals surface area contributed by atoms with E-state index in [0.29, 0.717) is 16.5 Å². The van der Waals surface area contributed by atoms with E-state index in [0.717, 1.165) is 4.31 Å². The zero-order valence-corrected chi connectivity index (χ0v) is 18.0. The van der Waals surface area contributed by atoms with E-state index in [4.69, 9.17) is 23.2 Å². The second kappa shape index (κ2) is 9.30. The maximum Gasteiger partial charge on any atom is 0.264 e. The van der Waals surface area contributed by atoms with E-state index in [-0.39, 0.29) is 22.0 Å². The molecule has 1 heterocycles. The first kappa shape index (κ1) is 21.8. The van der Waals surface area contributed by atoms with Crippen LogP contribution in [0.25, 0.3) is 0 Å². The van der Waals surface area contributed by atoms with Gasteiger partial charge in [0.15, 0.2) is 0 Å². The van der Waals surface area contributed by atoms with Gasteiger partial charge in [0, 0.05) is 11.8 Å². The molecular weight excluding hydrogens is 445 g/mol. The van der Waals surface area contributed by atoms with Crippen LogP contribution in [-0.2, 0) is 10.0 Å². The van der Waals surface area contributed by atoms with Gasteiger partial charge in [-0.1, -0.05) is 47.5 Å². The molecule has 0 aliphatic rings. The Bertz CT molecular complexity index is 1180. The molecule has 0 saturated carbocycles. The van der Waals surface area contributed by atoms with Crippen molar-refractivity contribution in [1.29, 1.82) is 0 Å². The number of nitrogens with one attached hydrogen (secondary N) is 1. The second-order valence-electron chi connectivity index (χ2n) is 6.12. The van der Waals surface area contributed by atoms with Gasteiger partial charge in [-0.25, -0.2) is 13.4 Å². The van der Waals surface area contributed by atoms with Gasteiger partial charge in [-0.3, -0.25) is 9.10 Å². The first-order chi connectivity index (χ1) is 14.3. The Morgan fingerprint density at radius 3 is 2.53 bits per heavy atom. The molecule has 0 saturated heterocycles. The SMILES string of the molecule is C=CCN(c1ccccc1Cl)S(=O)(=O)c1cccc(C(=O)Nc2ccc(Cl)cn2)c1. The van der Waals surface area contributed by atoms with E-state index >= 15 is 0 Å². The van der Waals surface area contributed by atoms with E-state index in [1.54, 1.807) is 36.4 Å². The third-order valence-corrected chi connectivity index (χ3v) is 6.39. The first-order valence-corrected chi connectivity index (χ1v) is 10.9. The highest BCUT2D eigenvalue weighted by Gasteiger charge is 2.26. The fourth-order valence-electron chi connectivity index (χ4n) is 2.66. The summed E-state index contributed by atoms with van der Waals surface area (Å²) in [5, 5.41) is 3.32. The predicted octanol–water partition coefficient (Wildman–Crippen LogP) is 5.02. The lowest BCUT2D eigenvalue weighted by molar-refractivity contribution is 0.102. The average molecular weight is 462 g/mol. The Labute approximate surface area is 184 Å². The van der Waals surface area contributed by atoms with Crippen LogP contribution in [0.3, 0.4) is 0 Å². The Morgan fingerprint density at radius 1 is 1.10 bits per heavy atom. The van der Waals surface area contributed by atoms with Gasteiger partial charge >= 0.3 is 0 Å². The van der Waals surface area contributed by atoms with Crippen molar-refractivity contribution in [3.05, 3.63) is 95.1 Å². The zero-order valence-electron chi connectivity index (χ0n) is 15.6. The quantitative estimate of drug-likeness (QED) is 0.500. The number of hydrogen-bond acceptors (Lipinski definition) is 4. The molecule has 154 valence electrons. The molecule has 0 atom stereocenters. The summed E-state index contributed by atoms with van der Waals surface area (Å²) in [7, 11) is -4.01. The summed E-state index contributed by atoms with van der Waals surface area (Å²) in [5.41, 5.74) is 0.477. The third kappa shape index (κ3) is 4.81. The van der Waals surface area contributed by atoms with Crippen LogP contribution >= 0.6 is 23.2 Å². The largest absolute Gasteiger partial charge is 0.307 e. The van der Waals surface area contributed by atoms with Crippen LogP contribution in [0.1, 0.15) is 10.4 Å². The number of carbonyl (C=O) groups is 1. The number of pyridine rings is 1. The van der Waals surface area contributed by atoms with Crippen molar-refractivity contribution in [3.8, 4) is 0 Å². The normalized spacial score (nSPS) is 11.0. The minimum Gasteiger partial charge on any atom is -0.307 e. The van der Waals surface area contributed by atoms with Crippen molar-refractivity contribution in [2.24, 2.45) is 0 Å². The van der Waals surface area contributed by atoms with Gasteiger partial charge in [0.2, 0.25) is 0 Å². The van der Waals surface area contributed by atoms with E-state index in [2.05, 4.69) is 16.9 Å². The Balaban J connectivity index is 1.94. The van der Waals surface area contributed by atoms with Gasteiger partial charge in [0.05, 0.1) is 27.2 Å². The number of aromatic nitrogens is 1. The summed E-state index contributed by atoms with van der Waals surface area (Å²) in [6.45, 7) is 3.64. The van der Waals surface area contributed by atoms with Gasteiger partial charge in [-0.05, 0) is 42.5 Å². The minimum absolute atomic E-state index is 0.0111. The Kier molecular flexibility index (Phi) is 6.77. The summed E-state index contributed by atoms with van der Waals surface area (Å²) < 4.78 is 27.8. The fourth-order valence-corrected chi connectivity index (χ4v) is 4.56. The van der Waals surface area contributed by atoms with Crippen molar-refractivity contribution < 1.29 is 13.2 Å². The number of sulfonamides is 1. The van der Waals surface area contributed by atoms with Crippen molar-refractivity contribution >= 4 is 50.6 Å². The van der Waals surface area contributed by atoms with Gasteiger partial charge in [-0.2, -0.15) is 0 Å². The highest BCUT2D eigenvalue weighted by Crippen LogP contribution is 2.30. The predicted molar refractivity (Wildman–Crippen MR) is 120 cm³/mol. The molecule has 0 aliphatic heterocycles. The number of halogens is 2. The molecule has 1 amide bonds. The molecule has 30 heavy (non-hydrogen) atoms. The third-order valence-electron chi connectivity index (χ3n) is 4.07. The smallest absolute Gasteiger partial charge is 0.264 e. The first-order valence-electron chi connectivity index (χ1n) is 8.74. The number of anilines is 2. The maximum absolute atomic E-state index is 13.3. The molecule has 1 N–H and O–H groups in total. The number of para-hydroxylation sites is 1. The van der Waals surface area contributed by atoms with E-state index in [1.165, 1.54) is 36.5 Å². The van der Waals surface area contributed by atoms with Crippen LogP contribution in [0.2, 0.25) is 10.0 Å². The zero-order chi connectivity index (χ0) is 21.7. The molecule has 0 bridgehead atoms. The number of amides is 1. The molecule has 0 radical (unpaired) electrons. The molecule has 3 rings (SSSR count). The Morgan fingerprint density at radius 2 is 1.87 bits per heavy atom. The van der Waals surface area contributed by atoms with Crippen LogP contribution in [0.5, 0.6) is 0 Å². The molecule has 0 spiro atoms. The molecule has 2 aromatic carbocycles. The molecule has 3 aromatic rings. The second-order valence-corrected chi connectivity index (χ2v) is 8.83.